The number of rotatable bonds is 13. The summed E-state index contributed by atoms with van der Waals surface area (Å²) in [7, 11) is 1.44. The molecule has 1 fully saturated rings. The number of carbonyl (C=O) groups is 2. The van der Waals surface area contributed by atoms with Gasteiger partial charge in [-0.15, -0.1) is 0 Å². The number of unbranched alkanes of at least 4 members (excludes halogenated alkanes) is 4. The normalized spacial score (nSPS) is 21.8. The van der Waals surface area contributed by atoms with E-state index in [0.717, 1.165) is 57.3 Å². The monoisotopic (exact) mass is 350 g/mol. The van der Waals surface area contributed by atoms with Gasteiger partial charge in [0.1, 0.15) is 5.78 Å². The summed E-state index contributed by atoms with van der Waals surface area (Å²) in [6.45, 7) is 4.57. The zero-order valence-electron chi connectivity index (χ0n) is 16.6. The van der Waals surface area contributed by atoms with Crippen LogP contribution in [0.5, 0.6) is 0 Å². The fourth-order valence-electron chi connectivity index (χ4n) is 3.78. The summed E-state index contributed by atoms with van der Waals surface area (Å²) in [4.78, 5) is 23.2. The Morgan fingerprint density at radius 2 is 2.00 bits per heavy atom. The lowest BCUT2D eigenvalue weighted by molar-refractivity contribution is -0.140. The van der Waals surface area contributed by atoms with E-state index in [1.807, 2.05) is 0 Å². The minimum atomic E-state index is -0.121. The average Bonchev–Trinajstić information content (AvgIpc) is 2.95. The largest absolute Gasteiger partial charge is 0.469 e. The molecule has 0 aromatic carbocycles. The predicted molar refractivity (Wildman–Crippen MR) is 103 cm³/mol. The summed E-state index contributed by atoms with van der Waals surface area (Å²) < 4.78 is 4.65. The molecule has 144 valence electrons. The summed E-state index contributed by atoms with van der Waals surface area (Å²) >= 11 is 0. The summed E-state index contributed by atoms with van der Waals surface area (Å²) in [5, 5.41) is 0. The van der Waals surface area contributed by atoms with Crippen molar-refractivity contribution in [2.24, 2.45) is 17.8 Å². The molecule has 0 amide bonds. The first-order valence-corrected chi connectivity index (χ1v) is 10.3. The Morgan fingerprint density at radius 1 is 1.24 bits per heavy atom. The Hall–Kier alpha value is -1.12. The molecule has 0 aliphatic heterocycles. The summed E-state index contributed by atoms with van der Waals surface area (Å²) in [5.41, 5.74) is 0. The molecule has 0 saturated heterocycles. The first kappa shape index (κ1) is 21.9. The van der Waals surface area contributed by atoms with E-state index in [9.17, 15) is 9.59 Å². The van der Waals surface area contributed by atoms with Crippen LogP contribution in [0.2, 0.25) is 0 Å². The smallest absolute Gasteiger partial charge is 0.305 e. The fourth-order valence-corrected chi connectivity index (χ4v) is 3.78. The number of carbonyl (C=O) groups excluding carboxylic acids is 2. The van der Waals surface area contributed by atoms with Crippen molar-refractivity contribution in [3.8, 4) is 0 Å². The first-order valence-electron chi connectivity index (χ1n) is 10.3. The number of ketones is 1. The Labute approximate surface area is 154 Å². The molecule has 0 bridgehead atoms. The van der Waals surface area contributed by atoms with Gasteiger partial charge in [-0.1, -0.05) is 64.5 Å². The van der Waals surface area contributed by atoms with Crippen LogP contribution in [-0.4, -0.2) is 18.9 Å². The van der Waals surface area contributed by atoms with Crippen molar-refractivity contribution in [3.63, 3.8) is 0 Å². The van der Waals surface area contributed by atoms with Crippen LogP contribution < -0.4 is 0 Å². The maximum Gasteiger partial charge on any atom is 0.305 e. The van der Waals surface area contributed by atoms with Crippen molar-refractivity contribution < 1.29 is 14.3 Å². The zero-order valence-corrected chi connectivity index (χ0v) is 16.6. The number of hydrogen-bond donors (Lipinski definition) is 0. The highest BCUT2D eigenvalue weighted by molar-refractivity contribution is 5.83. The number of methoxy groups -OCH3 is 1. The Morgan fingerprint density at radius 3 is 2.72 bits per heavy atom. The molecule has 0 aromatic rings. The quantitative estimate of drug-likeness (QED) is 0.237. The second-order valence-corrected chi connectivity index (χ2v) is 7.72. The van der Waals surface area contributed by atoms with E-state index in [2.05, 4.69) is 30.7 Å². The molecule has 3 nitrogen and oxygen atoms in total. The lowest BCUT2D eigenvalue weighted by Gasteiger charge is -2.15. The minimum Gasteiger partial charge on any atom is -0.469 e. The molecule has 0 heterocycles. The third-order valence-electron chi connectivity index (χ3n) is 5.50. The third kappa shape index (κ3) is 9.23. The van der Waals surface area contributed by atoms with Gasteiger partial charge in [0.25, 0.3) is 0 Å². The van der Waals surface area contributed by atoms with E-state index in [4.69, 9.17) is 0 Å². The van der Waals surface area contributed by atoms with Crippen LogP contribution in [0.4, 0.5) is 0 Å². The fraction of sp³-hybridized carbons (Fsp3) is 0.818. The van der Waals surface area contributed by atoms with Gasteiger partial charge in [-0.2, -0.15) is 0 Å². The van der Waals surface area contributed by atoms with Crippen molar-refractivity contribution in [1.82, 2.24) is 0 Å². The number of allylic oxidation sites excluding steroid dienone is 2. The van der Waals surface area contributed by atoms with Gasteiger partial charge in [0.2, 0.25) is 0 Å². The molecule has 0 N–H and O–H groups in total. The van der Waals surface area contributed by atoms with Crippen molar-refractivity contribution in [1.29, 1.82) is 0 Å². The average molecular weight is 351 g/mol. The number of Topliss-reactive ketones (excluding diaryl/α,β-unsaturated/α-hetero) is 1. The van der Waals surface area contributed by atoms with E-state index in [1.165, 1.54) is 26.4 Å². The van der Waals surface area contributed by atoms with Gasteiger partial charge in [-0.3, -0.25) is 9.59 Å². The molecule has 1 aliphatic carbocycles. The van der Waals surface area contributed by atoms with Crippen molar-refractivity contribution >= 4 is 11.8 Å². The highest BCUT2D eigenvalue weighted by Gasteiger charge is 2.32. The highest BCUT2D eigenvalue weighted by atomic mass is 16.5. The van der Waals surface area contributed by atoms with E-state index < -0.39 is 0 Å². The van der Waals surface area contributed by atoms with Crippen LogP contribution in [-0.2, 0) is 14.3 Å². The molecule has 1 saturated carbocycles. The molecule has 3 heteroatoms. The molecular weight excluding hydrogens is 312 g/mol. The second-order valence-electron chi connectivity index (χ2n) is 7.72. The lowest BCUT2D eigenvalue weighted by atomic mass is 9.89. The van der Waals surface area contributed by atoms with E-state index in [0.29, 0.717) is 18.1 Å². The Bertz CT molecular complexity index is 413. The summed E-state index contributed by atoms with van der Waals surface area (Å²) in [5.74, 6) is 1.79. The second kappa shape index (κ2) is 13.1. The predicted octanol–water partition coefficient (Wildman–Crippen LogP) is 5.87. The van der Waals surface area contributed by atoms with Crippen molar-refractivity contribution in [2.75, 3.05) is 7.11 Å². The maximum atomic E-state index is 12.2. The van der Waals surface area contributed by atoms with Crippen LogP contribution in [0, 0.1) is 17.8 Å². The van der Waals surface area contributed by atoms with Crippen molar-refractivity contribution in [3.05, 3.63) is 12.2 Å². The standard InChI is InChI=1S/C22H38O3/c1-4-5-11-18(2)12-10-13-19-16-17-21(23)20(19)14-8-6-7-9-15-22(24)25-3/h10,13,18-20H,4-9,11-12,14-17H2,1-3H3/b13-10+/t18?,19?,20-/m1/s1. The molecule has 2 unspecified atom stereocenters. The summed E-state index contributed by atoms with van der Waals surface area (Å²) in [6.07, 6.45) is 17.1. The topological polar surface area (TPSA) is 43.4 Å². The highest BCUT2D eigenvalue weighted by Crippen LogP contribution is 2.34. The van der Waals surface area contributed by atoms with Crippen LogP contribution in [0.3, 0.4) is 0 Å². The lowest BCUT2D eigenvalue weighted by Crippen LogP contribution is -2.13. The molecule has 3 atom stereocenters. The van der Waals surface area contributed by atoms with Gasteiger partial charge in [0.05, 0.1) is 7.11 Å². The number of ether oxygens (including phenoxy) is 1. The van der Waals surface area contributed by atoms with E-state index in [1.54, 1.807) is 0 Å². The van der Waals surface area contributed by atoms with Gasteiger partial charge < -0.3 is 4.74 Å². The minimum absolute atomic E-state index is 0.121. The van der Waals surface area contributed by atoms with Crippen LogP contribution in [0.1, 0.15) is 90.9 Å². The maximum absolute atomic E-state index is 12.2. The van der Waals surface area contributed by atoms with Crippen LogP contribution in [0.15, 0.2) is 12.2 Å². The molecular formula is C22H38O3. The van der Waals surface area contributed by atoms with E-state index in [-0.39, 0.29) is 11.9 Å². The van der Waals surface area contributed by atoms with Gasteiger partial charge >= 0.3 is 5.97 Å². The van der Waals surface area contributed by atoms with Crippen LogP contribution in [0.25, 0.3) is 0 Å². The van der Waals surface area contributed by atoms with Gasteiger partial charge in [0, 0.05) is 18.8 Å². The molecule has 0 radical (unpaired) electrons. The first-order chi connectivity index (χ1) is 12.1. The number of esters is 1. The number of hydrogen-bond acceptors (Lipinski definition) is 3. The Kier molecular flexibility index (Phi) is 11.5. The van der Waals surface area contributed by atoms with Gasteiger partial charge in [-0.25, -0.2) is 0 Å². The molecule has 1 rings (SSSR count). The molecule has 1 aliphatic rings. The third-order valence-corrected chi connectivity index (χ3v) is 5.50. The SMILES string of the molecule is CCCCC(C)C/C=C/C1CCC(=O)[C@@H]1CCCCCCC(=O)OC. The molecule has 25 heavy (non-hydrogen) atoms. The Balaban J connectivity index is 2.24. The zero-order chi connectivity index (χ0) is 18.5. The molecule has 0 spiro atoms. The van der Waals surface area contributed by atoms with Gasteiger partial charge in [-0.05, 0) is 37.5 Å². The van der Waals surface area contributed by atoms with Crippen molar-refractivity contribution in [2.45, 2.75) is 90.9 Å². The van der Waals surface area contributed by atoms with Gasteiger partial charge in [0.15, 0.2) is 0 Å². The molecule has 0 aromatic heterocycles. The van der Waals surface area contributed by atoms with Crippen LogP contribution >= 0.6 is 0 Å². The summed E-state index contributed by atoms with van der Waals surface area (Å²) in [6, 6.07) is 0. The van der Waals surface area contributed by atoms with E-state index >= 15 is 0 Å².